The number of nitrogens with zero attached hydrogens (tertiary/aromatic N) is 1. The highest BCUT2D eigenvalue weighted by atomic mass is 16.6. The van der Waals surface area contributed by atoms with Gasteiger partial charge >= 0.3 is 6.09 Å². The number of alkyl carbamates (subject to hydrolysis) is 1. The summed E-state index contributed by atoms with van der Waals surface area (Å²) in [6.45, 7) is 9.13. The molecule has 5 nitrogen and oxygen atoms in total. The van der Waals surface area contributed by atoms with Crippen molar-refractivity contribution in [2.24, 2.45) is 5.73 Å². The zero-order chi connectivity index (χ0) is 14.3. The first-order valence-corrected chi connectivity index (χ1v) is 7.33. The molecule has 1 saturated heterocycles. The van der Waals surface area contributed by atoms with Gasteiger partial charge in [-0.1, -0.05) is 6.42 Å². The number of likely N-dealkylation sites (tertiary alicyclic amines) is 1. The maximum Gasteiger partial charge on any atom is 0.407 e. The molecular formula is C14H29N3O2. The van der Waals surface area contributed by atoms with Gasteiger partial charge in [-0.05, 0) is 53.1 Å². The number of nitrogens with two attached hydrogens (primary N) is 1. The Kier molecular flexibility index (Phi) is 6.58. The lowest BCUT2D eigenvalue weighted by atomic mass is 10.1. The molecule has 1 amide bonds. The number of rotatable bonds is 5. The van der Waals surface area contributed by atoms with E-state index in [0.29, 0.717) is 19.1 Å². The Morgan fingerprint density at radius 2 is 1.95 bits per heavy atom. The van der Waals surface area contributed by atoms with E-state index in [9.17, 15) is 4.79 Å². The molecule has 0 spiro atoms. The molecule has 0 saturated carbocycles. The molecule has 1 unspecified atom stereocenters. The predicted octanol–water partition coefficient (Wildman–Crippen LogP) is 1.71. The van der Waals surface area contributed by atoms with Crippen molar-refractivity contribution in [1.82, 2.24) is 10.2 Å². The molecule has 5 heteroatoms. The second-order valence-electron chi connectivity index (χ2n) is 6.20. The summed E-state index contributed by atoms with van der Waals surface area (Å²) in [7, 11) is 0. The fourth-order valence-electron chi connectivity index (χ4n) is 2.39. The van der Waals surface area contributed by atoms with Gasteiger partial charge in [-0.15, -0.1) is 0 Å². The van der Waals surface area contributed by atoms with Crippen LogP contribution in [0.3, 0.4) is 0 Å². The Labute approximate surface area is 116 Å². The molecule has 0 aromatic heterocycles. The van der Waals surface area contributed by atoms with Crippen molar-refractivity contribution in [3.63, 3.8) is 0 Å². The third kappa shape index (κ3) is 6.78. The zero-order valence-electron chi connectivity index (χ0n) is 12.6. The molecule has 3 N–H and O–H groups in total. The van der Waals surface area contributed by atoms with Crippen LogP contribution >= 0.6 is 0 Å². The van der Waals surface area contributed by atoms with Crippen LogP contribution in [0.25, 0.3) is 0 Å². The maximum atomic E-state index is 11.5. The van der Waals surface area contributed by atoms with E-state index in [-0.39, 0.29) is 6.09 Å². The Bertz CT molecular complexity index is 270. The summed E-state index contributed by atoms with van der Waals surface area (Å²) in [5, 5.41) is 2.80. The Balaban J connectivity index is 2.23. The number of piperidine rings is 1. The van der Waals surface area contributed by atoms with Crippen LogP contribution in [0.4, 0.5) is 4.79 Å². The average Bonchev–Trinajstić information content (AvgIpc) is 2.33. The summed E-state index contributed by atoms with van der Waals surface area (Å²) in [6, 6.07) is 0.371. The standard InChI is InChI=1S/C14H29N3O2/c1-14(2,3)19-13(18)16-8-7-12(11-15)17-9-5-4-6-10-17/h12H,4-11,15H2,1-3H3,(H,16,18). The van der Waals surface area contributed by atoms with Crippen molar-refractivity contribution in [2.75, 3.05) is 26.2 Å². The Morgan fingerprint density at radius 3 is 2.47 bits per heavy atom. The summed E-state index contributed by atoms with van der Waals surface area (Å²) in [6.07, 6.45) is 4.38. The van der Waals surface area contributed by atoms with Crippen LogP contribution in [-0.2, 0) is 4.74 Å². The van der Waals surface area contributed by atoms with Crippen LogP contribution < -0.4 is 11.1 Å². The van der Waals surface area contributed by atoms with Crippen LogP contribution in [0.5, 0.6) is 0 Å². The quantitative estimate of drug-likeness (QED) is 0.799. The molecule has 1 heterocycles. The maximum absolute atomic E-state index is 11.5. The van der Waals surface area contributed by atoms with E-state index in [1.165, 1.54) is 19.3 Å². The van der Waals surface area contributed by atoms with E-state index in [4.69, 9.17) is 10.5 Å². The van der Waals surface area contributed by atoms with E-state index >= 15 is 0 Å². The lowest BCUT2D eigenvalue weighted by molar-refractivity contribution is 0.0520. The number of nitrogens with one attached hydrogen (secondary N) is 1. The zero-order valence-corrected chi connectivity index (χ0v) is 12.6. The van der Waals surface area contributed by atoms with E-state index < -0.39 is 5.60 Å². The van der Waals surface area contributed by atoms with Gasteiger partial charge in [0.1, 0.15) is 5.60 Å². The van der Waals surface area contributed by atoms with Crippen molar-refractivity contribution in [2.45, 2.75) is 58.1 Å². The lowest BCUT2D eigenvalue weighted by Crippen LogP contribution is -2.45. The number of hydrogen-bond acceptors (Lipinski definition) is 4. The van der Waals surface area contributed by atoms with E-state index in [1.807, 2.05) is 20.8 Å². The molecule has 0 aliphatic carbocycles. The highest BCUT2D eigenvalue weighted by Gasteiger charge is 2.20. The molecule has 1 fully saturated rings. The fourth-order valence-corrected chi connectivity index (χ4v) is 2.39. The van der Waals surface area contributed by atoms with Gasteiger partial charge in [0.25, 0.3) is 0 Å². The molecule has 112 valence electrons. The highest BCUT2D eigenvalue weighted by Crippen LogP contribution is 2.13. The molecule has 0 aromatic rings. The first-order valence-electron chi connectivity index (χ1n) is 7.33. The second-order valence-corrected chi connectivity index (χ2v) is 6.20. The molecule has 1 rings (SSSR count). The molecular weight excluding hydrogens is 242 g/mol. The second kappa shape index (κ2) is 7.70. The first-order chi connectivity index (χ1) is 8.92. The van der Waals surface area contributed by atoms with E-state index in [0.717, 1.165) is 19.5 Å². The van der Waals surface area contributed by atoms with Crippen LogP contribution in [-0.4, -0.2) is 48.8 Å². The minimum atomic E-state index is -0.440. The summed E-state index contributed by atoms with van der Waals surface area (Å²) in [4.78, 5) is 14.0. The van der Waals surface area contributed by atoms with E-state index in [2.05, 4.69) is 10.2 Å². The van der Waals surface area contributed by atoms with Crippen molar-refractivity contribution >= 4 is 6.09 Å². The van der Waals surface area contributed by atoms with Crippen molar-refractivity contribution < 1.29 is 9.53 Å². The molecule has 1 aliphatic heterocycles. The normalized spacial score (nSPS) is 18.9. The van der Waals surface area contributed by atoms with E-state index in [1.54, 1.807) is 0 Å². The first kappa shape index (κ1) is 16.2. The molecule has 0 radical (unpaired) electrons. The topological polar surface area (TPSA) is 67.6 Å². The third-order valence-corrected chi connectivity index (χ3v) is 3.32. The Morgan fingerprint density at radius 1 is 1.32 bits per heavy atom. The minimum Gasteiger partial charge on any atom is -0.444 e. The van der Waals surface area contributed by atoms with Crippen LogP contribution in [0.15, 0.2) is 0 Å². The number of carbonyl (C=O) groups excluding carboxylic acids is 1. The number of ether oxygens (including phenoxy) is 1. The van der Waals surface area contributed by atoms with Crippen LogP contribution in [0.1, 0.15) is 46.5 Å². The monoisotopic (exact) mass is 271 g/mol. The SMILES string of the molecule is CC(C)(C)OC(=O)NCCC(CN)N1CCCCC1. The van der Waals surface area contributed by atoms with Crippen LogP contribution in [0.2, 0.25) is 0 Å². The van der Waals surface area contributed by atoms with Crippen LogP contribution in [0, 0.1) is 0 Å². The lowest BCUT2D eigenvalue weighted by Gasteiger charge is -2.34. The molecule has 0 bridgehead atoms. The smallest absolute Gasteiger partial charge is 0.407 e. The van der Waals surface area contributed by atoms with Gasteiger partial charge in [-0.25, -0.2) is 4.79 Å². The van der Waals surface area contributed by atoms with Gasteiger partial charge in [0, 0.05) is 19.1 Å². The molecule has 19 heavy (non-hydrogen) atoms. The van der Waals surface area contributed by atoms with Gasteiger partial charge < -0.3 is 15.8 Å². The van der Waals surface area contributed by atoms with Crippen molar-refractivity contribution in [3.8, 4) is 0 Å². The molecule has 0 aromatic carbocycles. The van der Waals surface area contributed by atoms with Gasteiger partial charge in [-0.2, -0.15) is 0 Å². The Hall–Kier alpha value is -0.810. The summed E-state index contributed by atoms with van der Waals surface area (Å²) in [5.41, 5.74) is 5.40. The van der Waals surface area contributed by atoms with Gasteiger partial charge in [0.15, 0.2) is 0 Å². The van der Waals surface area contributed by atoms with Gasteiger partial charge in [0.2, 0.25) is 0 Å². The number of amides is 1. The average molecular weight is 271 g/mol. The number of carbonyl (C=O) groups is 1. The summed E-state index contributed by atoms with van der Waals surface area (Å²) < 4.78 is 5.20. The fraction of sp³-hybridized carbons (Fsp3) is 0.929. The highest BCUT2D eigenvalue weighted by molar-refractivity contribution is 5.67. The third-order valence-electron chi connectivity index (χ3n) is 3.32. The summed E-state index contributed by atoms with van der Waals surface area (Å²) in [5.74, 6) is 0. The predicted molar refractivity (Wildman–Crippen MR) is 77.1 cm³/mol. The van der Waals surface area contributed by atoms with Crippen molar-refractivity contribution in [1.29, 1.82) is 0 Å². The number of hydrogen-bond donors (Lipinski definition) is 2. The largest absolute Gasteiger partial charge is 0.444 e. The van der Waals surface area contributed by atoms with Crippen molar-refractivity contribution in [3.05, 3.63) is 0 Å². The summed E-state index contributed by atoms with van der Waals surface area (Å²) >= 11 is 0. The van der Waals surface area contributed by atoms with Gasteiger partial charge in [-0.3, -0.25) is 4.90 Å². The van der Waals surface area contributed by atoms with Gasteiger partial charge in [0.05, 0.1) is 0 Å². The minimum absolute atomic E-state index is 0.345. The molecule has 1 aliphatic rings. The molecule has 1 atom stereocenters.